The molecule has 0 aromatic carbocycles. The van der Waals surface area contributed by atoms with Crippen molar-refractivity contribution >= 4 is 5.78 Å². The lowest BCUT2D eigenvalue weighted by Crippen LogP contribution is -2.32. The van der Waals surface area contributed by atoms with Gasteiger partial charge in [0, 0.05) is 11.8 Å². The third-order valence-corrected chi connectivity index (χ3v) is 3.99. The Kier molecular flexibility index (Phi) is 1.13. The Morgan fingerprint density at radius 3 is 2.36 bits per heavy atom. The molecule has 0 saturated heterocycles. The van der Waals surface area contributed by atoms with Gasteiger partial charge in [-0.15, -0.1) is 0 Å². The van der Waals surface area contributed by atoms with E-state index in [2.05, 4.69) is 13.8 Å². The van der Waals surface area contributed by atoms with Crippen molar-refractivity contribution in [3.63, 3.8) is 0 Å². The fourth-order valence-corrected chi connectivity index (χ4v) is 2.71. The molecule has 60 valence electrons. The quantitative estimate of drug-likeness (QED) is 0.516. The summed E-state index contributed by atoms with van der Waals surface area (Å²) in [4.78, 5) is 11.4. The van der Waals surface area contributed by atoms with E-state index in [0.717, 1.165) is 19.3 Å². The number of hydrogen-bond acceptors (Lipinski definition) is 1. The maximum absolute atomic E-state index is 11.4. The van der Waals surface area contributed by atoms with E-state index in [-0.39, 0.29) is 5.41 Å². The van der Waals surface area contributed by atoms with Crippen LogP contribution in [0.5, 0.6) is 0 Å². The topological polar surface area (TPSA) is 17.1 Å². The van der Waals surface area contributed by atoms with Crippen molar-refractivity contribution in [3.8, 4) is 0 Å². The molecule has 0 aromatic rings. The summed E-state index contributed by atoms with van der Waals surface area (Å²) in [5.74, 6) is 0.846. The number of Topliss-reactive ketones (excluding diaryl/α,β-unsaturated/α-hetero) is 1. The van der Waals surface area contributed by atoms with Crippen LogP contribution in [0.4, 0.5) is 0 Å². The van der Waals surface area contributed by atoms with Gasteiger partial charge in [0.1, 0.15) is 5.78 Å². The van der Waals surface area contributed by atoms with Crippen LogP contribution in [0, 0.1) is 23.7 Å². The van der Waals surface area contributed by atoms with Crippen LogP contribution in [0.15, 0.2) is 0 Å². The molecule has 2 atom stereocenters. The first-order valence-electron chi connectivity index (χ1n) is 4.31. The van der Waals surface area contributed by atoms with Gasteiger partial charge in [-0.3, -0.25) is 4.79 Å². The summed E-state index contributed by atoms with van der Waals surface area (Å²) in [6, 6.07) is 0. The highest BCUT2D eigenvalue weighted by Crippen LogP contribution is 2.63. The maximum atomic E-state index is 11.4. The first-order valence-corrected chi connectivity index (χ1v) is 4.31. The van der Waals surface area contributed by atoms with E-state index in [4.69, 9.17) is 6.92 Å². The van der Waals surface area contributed by atoms with E-state index in [1.807, 2.05) is 0 Å². The molecule has 0 aromatic heterocycles. The second-order valence-electron chi connectivity index (χ2n) is 4.56. The number of hydrogen-bond donors (Lipinski definition) is 0. The Bertz CT molecular complexity index is 217. The lowest BCUT2D eigenvalue weighted by molar-refractivity contribution is -0.126. The molecule has 11 heavy (non-hydrogen) atoms. The van der Waals surface area contributed by atoms with Crippen molar-refractivity contribution in [3.05, 3.63) is 6.92 Å². The average molecular weight is 150 g/mol. The van der Waals surface area contributed by atoms with Crippen molar-refractivity contribution in [2.45, 2.75) is 33.1 Å². The minimum Gasteiger partial charge on any atom is -0.299 e. The Labute approximate surface area is 68.2 Å². The summed E-state index contributed by atoms with van der Waals surface area (Å²) < 4.78 is 0. The van der Waals surface area contributed by atoms with Gasteiger partial charge in [0.05, 0.1) is 0 Å². The molecule has 2 aliphatic rings. The molecule has 2 fully saturated rings. The van der Waals surface area contributed by atoms with E-state index < -0.39 is 5.41 Å². The van der Waals surface area contributed by atoms with Gasteiger partial charge >= 0.3 is 0 Å². The van der Waals surface area contributed by atoms with Crippen LogP contribution < -0.4 is 0 Å². The van der Waals surface area contributed by atoms with Gasteiger partial charge in [-0.05, 0) is 31.1 Å². The van der Waals surface area contributed by atoms with Crippen LogP contribution in [0.2, 0.25) is 0 Å². The van der Waals surface area contributed by atoms with Gasteiger partial charge in [0.25, 0.3) is 0 Å². The highest BCUT2D eigenvalue weighted by Gasteiger charge is 2.61. The van der Waals surface area contributed by atoms with Gasteiger partial charge in [-0.2, -0.15) is 0 Å². The van der Waals surface area contributed by atoms with Gasteiger partial charge in [-0.1, -0.05) is 13.8 Å². The predicted octanol–water partition coefficient (Wildman–Crippen LogP) is 2.09. The molecule has 2 bridgehead atoms. The van der Waals surface area contributed by atoms with Crippen LogP contribution in [0.3, 0.4) is 0 Å². The molecular weight excluding hydrogens is 136 g/mol. The molecule has 2 aliphatic carbocycles. The summed E-state index contributed by atoms with van der Waals surface area (Å²) in [6.45, 7) is 10.3. The Balaban J connectivity index is 2.47. The first-order chi connectivity index (χ1) is 4.98. The molecule has 0 aliphatic heterocycles. The number of ketones is 1. The summed E-state index contributed by atoms with van der Waals surface area (Å²) in [5.41, 5.74) is -0.415. The van der Waals surface area contributed by atoms with Crippen LogP contribution in [-0.2, 0) is 4.79 Å². The van der Waals surface area contributed by atoms with Crippen LogP contribution in [0.25, 0.3) is 0 Å². The Morgan fingerprint density at radius 1 is 1.55 bits per heavy atom. The van der Waals surface area contributed by atoms with Crippen molar-refractivity contribution in [1.29, 1.82) is 0 Å². The minimum atomic E-state index is -0.475. The lowest BCUT2D eigenvalue weighted by atomic mass is 9.70. The van der Waals surface area contributed by atoms with Gasteiger partial charge in [-0.25, -0.2) is 0 Å². The Hall–Kier alpha value is -0.330. The highest BCUT2D eigenvalue weighted by molar-refractivity contribution is 5.90. The molecule has 2 saturated carbocycles. The smallest absolute Gasteiger partial charge is 0.140 e. The number of fused-ring (bicyclic) bond motifs is 2. The van der Waals surface area contributed by atoms with Crippen molar-refractivity contribution in [2.24, 2.45) is 16.7 Å². The van der Waals surface area contributed by atoms with Gasteiger partial charge in [0.15, 0.2) is 0 Å². The molecule has 1 heteroatoms. The van der Waals surface area contributed by atoms with Gasteiger partial charge < -0.3 is 0 Å². The lowest BCUT2D eigenvalue weighted by Gasteiger charge is -2.32. The van der Waals surface area contributed by atoms with Crippen molar-refractivity contribution < 1.29 is 4.79 Å². The fraction of sp³-hybridized carbons (Fsp3) is 0.800. The normalized spacial score (nSPS) is 46.8. The molecular formula is C10H14O. The van der Waals surface area contributed by atoms with Crippen LogP contribution in [0.1, 0.15) is 33.1 Å². The van der Waals surface area contributed by atoms with Crippen molar-refractivity contribution in [2.75, 3.05) is 0 Å². The predicted molar refractivity (Wildman–Crippen MR) is 42.9 cm³/mol. The molecule has 1 unspecified atom stereocenters. The number of rotatable bonds is 0. The molecule has 1 nitrogen and oxygen atoms in total. The third-order valence-electron chi connectivity index (χ3n) is 3.99. The highest BCUT2D eigenvalue weighted by atomic mass is 16.1. The third kappa shape index (κ3) is 0.605. The zero-order chi connectivity index (χ0) is 8.28. The van der Waals surface area contributed by atoms with E-state index in [9.17, 15) is 4.79 Å². The standard InChI is InChI=1S/C10H14O/c1-9(2)7-4-5-10(9,3)8(11)6-7/h3,7H,4-6H2,1-2H3/t7?,10-/m1/s1. The number of carbonyl (C=O) groups excluding carboxylic acids is 1. The molecule has 0 heterocycles. The van der Waals surface area contributed by atoms with E-state index >= 15 is 0 Å². The molecule has 2 rings (SSSR count). The van der Waals surface area contributed by atoms with Crippen molar-refractivity contribution in [1.82, 2.24) is 0 Å². The molecule has 0 spiro atoms. The Morgan fingerprint density at radius 2 is 2.18 bits per heavy atom. The average Bonchev–Trinajstić information content (AvgIpc) is 2.20. The summed E-state index contributed by atoms with van der Waals surface area (Å²) >= 11 is 0. The van der Waals surface area contributed by atoms with Crippen LogP contribution in [-0.4, -0.2) is 5.78 Å². The SMILES string of the molecule is [CH][C@@]12CCC(CC1=O)C2(C)C. The maximum Gasteiger partial charge on any atom is 0.140 e. The summed E-state index contributed by atoms with van der Waals surface area (Å²) in [5, 5.41) is 0. The first kappa shape index (κ1) is 7.33. The molecule has 0 N–H and O–H groups in total. The fourth-order valence-electron chi connectivity index (χ4n) is 2.71. The zero-order valence-corrected chi connectivity index (χ0v) is 7.18. The molecule has 2 radical (unpaired) electrons. The number of carbonyl (C=O) groups is 1. The van der Waals surface area contributed by atoms with Crippen LogP contribution >= 0.6 is 0 Å². The van der Waals surface area contributed by atoms with Gasteiger partial charge in [0.2, 0.25) is 0 Å². The zero-order valence-electron chi connectivity index (χ0n) is 7.18. The summed E-state index contributed by atoms with van der Waals surface area (Å²) in [7, 11) is 0. The second kappa shape index (κ2) is 1.70. The van der Waals surface area contributed by atoms with E-state index in [0.29, 0.717) is 11.7 Å². The second-order valence-corrected chi connectivity index (χ2v) is 4.56. The largest absolute Gasteiger partial charge is 0.299 e. The summed E-state index contributed by atoms with van der Waals surface area (Å²) in [6.07, 6.45) is 2.78. The van der Waals surface area contributed by atoms with E-state index in [1.165, 1.54) is 0 Å². The van der Waals surface area contributed by atoms with E-state index in [1.54, 1.807) is 0 Å². The molecule has 0 amide bonds. The monoisotopic (exact) mass is 150 g/mol. The minimum absolute atomic E-state index is 0.0596.